The maximum Gasteiger partial charge on any atom is 0.290 e. The molecular weight excluding hydrogens is 484 g/mol. The first-order valence-corrected chi connectivity index (χ1v) is 11.9. The zero-order valence-electron chi connectivity index (χ0n) is 20.3. The van der Waals surface area contributed by atoms with Gasteiger partial charge in [-0.05, 0) is 12.1 Å². The molecule has 1 saturated heterocycles. The van der Waals surface area contributed by atoms with Gasteiger partial charge in [0.25, 0.3) is 11.9 Å². The predicted molar refractivity (Wildman–Crippen MR) is 142 cm³/mol. The SMILES string of the molecule is N#Cc1cnc(N2CCOCC2)c(C(=N)OC(=N)NC2N=C(c3ccccc3)c3ccccc3NC2=O)c1. The molecule has 1 aromatic heterocycles. The van der Waals surface area contributed by atoms with E-state index in [1.165, 1.54) is 12.3 Å². The van der Waals surface area contributed by atoms with Crippen LogP contribution in [0.15, 0.2) is 71.9 Å². The van der Waals surface area contributed by atoms with Crippen LogP contribution in [-0.2, 0) is 14.3 Å². The maximum atomic E-state index is 13.0. The van der Waals surface area contributed by atoms with Crippen LogP contribution in [0.5, 0.6) is 0 Å². The van der Waals surface area contributed by atoms with Gasteiger partial charge in [-0.3, -0.25) is 15.6 Å². The molecule has 0 saturated carbocycles. The second kappa shape index (κ2) is 10.9. The number of para-hydroxylation sites is 1. The van der Waals surface area contributed by atoms with Crippen LogP contribution < -0.4 is 15.5 Å². The number of anilines is 2. The van der Waals surface area contributed by atoms with E-state index in [9.17, 15) is 10.1 Å². The zero-order valence-corrected chi connectivity index (χ0v) is 20.3. The Morgan fingerprint density at radius 1 is 1.13 bits per heavy atom. The van der Waals surface area contributed by atoms with E-state index in [1.54, 1.807) is 6.07 Å². The minimum absolute atomic E-state index is 0.253. The lowest BCUT2D eigenvalue weighted by Gasteiger charge is -2.29. The molecule has 38 heavy (non-hydrogen) atoms. The van der Waals surface area contributed by atoms with E-state index in [2.05, 4.69) is 20.6 Å². The van der Waals surface area contributed by atoms with Crippen molar-refractivity contribution in [2.75, 3.05) is 36.5 Å². The number of carbonyl (C=O) groups is 1. The van der Waals surface area contributed by atoms with Crippen LogP contribution >= 0.6 is 0 Å². The second-order valence-corrected chi connectivity index (χ2v) is 8.49. The third-order valence-corrected chi connectivity index (χ3v) is 6.02. The van der Waals surface area contributed by atoms with E-state index in [0.29, 0.717) is 43.5 Å². The van der Waals surface area contributed by atoms with Gasteiger partial charge in [0.05, 0.1) is 35.7 Å². The van der Waals surface area contributed by atoms with Gasteiger partial charge in [-0.25, -0.2) is 9.98 Å². The van der Waals surface area contributed by atoms with Crippen LogP contribution in [0.25, 0.3) is 0 Å². The lowest BCUT2D eigenvalue weighted by molar-refractivity contribution is -0.117. The van der Waals surface area contributed by atoms with Crippen molar-refractivity contribution in [2.24, 2.45) is 4.99 Å². The highest BCUT2D eigenvalue weighted by atomic mass is 16.5. The Morgan fingerprint density at radius 2 is 1.87 bits per heavy atom. The van der Waals surface area contributed by atoms with Gasteiger partial charge in [0.1, 0.15) is 11.9 Å². The number of benzene rings is 2. The highest BCUT2D eigenvalue weighted by Crippen LogP contribution is 2.24. The van der Waals surface area contributed by atoms with Gasteiger partial charge < -0.3 is 25.0 Å². The molecule has 3 aromatic rings. The summed E-state index contributed by atoms with van der Waals surface area (Å²) in [7, 11) is 0. The molecule has 1 unspecified atom stereocenters. The minimum Gasteiger partial charge on any atom is -0.407 e. The summed E-state index contributed by atoms with van der Waals surface area (Å²) in [6, 6.07) is 19.7. The van der Waals surface area contributed by atoms with Gasteiger partial charge in [0.15, 0.2) is 0 Å². The minimum atomic E-state index is -1.19. The fraction of sp³-hybridized carbons (Fsp3) is 0.185. The lowest BCUT2D eigenvalue weighted by Crippen LogP contribution is -2.43. The number of nitrogens with one attached hydrogen (secondary N) is 4. The Labute approximate surface area is 218 Å². The number of nitrogens with zero attached hydrogens (tertiary/aromatic N) is 4. The Balaban J connectivity index is 1.39. The molecule has 0 spiro atoms. The van der Waals surface area contributed by atoms with E-state index in [1.807, 2.05) is 59.5 Å². The first-order chi connectivity index (χ1) is 18.5. The summed E-state index contributed by atoms with van der Waals surface area (Å²) < 4.78 is 10.9. The number of fused-ring (bicyclic) bond motifs is 1. The fourth-order valence-corrected chi connectivity index (χ4v) is 4.20. The topological polar surface area (TPSA) is 160 Å². The number of amides is 1. The van der Waals surface area contributed by atoms with Crippen molar-refractivity contribution < 1.29 is 14.3 Å². The van der Waals surface area contributed by atoms with Crippen molar-refractivity contribution in [3.8, 4) is 6.07 Å². The second-order valence-electron chi connectivity index (χ2n) is 8.49. The number of amidine groups is 1. The van der Waals surface area contributed by atoms with Crippen LogP contribution in [-0.4, -0.2) is 61.0 Å². The Hall–Kier alpha value is -5.08. The molecule has 0 aliphatic carbocycles. The summed E-state index contributed by atoms with van der Waals surface area (Å²) in [5.41, 5.74) is 3.22. The number of nitriles is 1. The molecule has 5 rings (SSSR count). The van der Waals surface area contributed by atoms with Crippen molar-refractivity contribution in [3.63, 3.8) is 0 Å². The van der Waals surface area contributed by atoms with Gasteiger partial charge >= 0.3 is 0 Å². The summed E-state index contributed by atoms with van der Waals surface area (Å²) in [4.78, 5) is 24.0. The van der Waals surface area contributed by atoms with Crippen molar-refractivity contribution >= 4 is 35.0 Å². The van der Waals surface area contributed by atoms with Crippen LogP contribution in [0.1, 0.15) is 22.3 Å². The lowest BCUT2D eigenvalue weighted by atomic mass is 10.0. The Kier molecular flexibility index (Phi) is 7.06. The van der Waals surface area contributed by atoms with Crippen molar-refractivity contribution in [2.45, 2.75) is 6.17 Å². The number of ether oxygens (including phenoxy) is 2. The van der Waals surface area contributed by atoms with Gasteiger partial charge in [0, 0.05) is 30.4 Å². The van der Waals surface area contributed by atoms with E-state index in [0.717, 1.165) is 11.1 Å². The molecule has 1 atom stereocenters. The molecule has 11 heteroatoms. The Bertz CT molecular complexity index is 1460. The molecule has 0 bridgehead atoms. The summed E-state index contributed by atoms with van der Waals surface area (Å²) in [5, 5.41) is 31.8. The van der Waals surface area contributed by atoms with Crippen LogP contribution in [0.2, 0.25) is 0 Å². The molecule has 190 valence electrons. The van der Waals surface area contributed by atoms with Crippen LogP contribution in [0, 0.1) is 22.1 Å². The number of benzodiazepines with no additional fused rings is 1. The largest absolute Gasteiger partial charge is 0.407 e. The van der Waals surface area contributed by atoms with Gasteiger partial charge in [-0.15, -0.1) is 0 Å². The molecule has 2 aliphatic rings. The molecular formula is C27H24N8O3. The van der Waals surface area contributed by atoms with Gasteiger partial charge in [-0.1, -0.05) is 48.5 Å². The summed E-state index contributed by atoms with van der Waals surface area (Å²) in [6.45, 7) is 2.14. The first kappa shape index (κ1) is 24.6. The standard InChI is InChI=1S/C27H24N8O3/c28-15-17-14-20(25(31-16-17)35-10-12-37-13-11-35)23(29)38-27(30)34-24-26(36)32-21-9-5-4-8-19(21)22(33-24)18-6-2-1-3-7-18/h1-9,14,16,24,29H,10-13H2,(H2,30,34)(H,32,36). The molecule has 11 nitrogen and oxygen atoms in total. The van der Waals surface area contributed by atoms with E-state index >= 15 is 0 Å². The Morgan fingerprint density at radius 3 is 2.63 bits per heavy atom. The molecule has 2 aliphatic heterocycles. The molecule has 3 heterocycles. The highest BCUT2D eigenvalue weighted by molar-refractivity contribution is 6.19. The quantitative estimate of drug-likeness (QED) is 0.311. The van der Waals surface area contributed by atoms with E-state index in [4.69, 9.17) is 20.3 Å². The summed E-state index contributed by atoms with van der Waals surface area (Å²) >= 11 is 0. The number of aliphatic imine (C=N–C) groups is 1. The number of rotatable bonds is 4. The fourth-order valence-electron chi connectivity index (χ4n) is 4.20. The van der Waals surface area contributed by atoms with Crippen LogP contribution in [0.4, 0.5) is 11.5 Å². The van der Waals surface area contributed by atoms with Gasteiger partial charge in [0.2, 0.25) is 12.1 Å². The van der Waals surface area contributed by atoms with E-state index < -0.39 is 24.0 Å². The van der Waals surface area contributed by atoms with Gasteiger partial charge in [-0.2, -0.15) is 5.26 Å². The number of pyridine rings is 1. The number of hydrogen-bond acceptors (Lipinski definition) is 9. The first-order valence-electron chi connectivity index (χ1n) is 11.9. The predicted octanol–water partition coefficient (Wildman–Crippen LogP) is 2.47. The summed E-state index contributed by atoms with van der Waals surface area (Å²) in [5.74, 6) is -0.416. The van der Waals surface area contributed by atoms with Crippen molar-refractivity contribution in [3.05, 3.63) is 89.1 Å². The van der Waals surface area contributed by atoms with Crippen LogP contribution in [0.3, 0.4) is 0 Å². The molecule has 1 fully saturated rings. The monoisotopic (exact) mass is 508 g/mol. The third-order valence-electron chi connectivity index (χ3n) is 6.02. The molecule has 1 amide bonds. The van der Waals surface area contributed by atoms with Crippen molar-refractivity contribution in [1.82, 2.24) is 10.3 Å². The van der Waals surface area contributed by atoms with Crippen molar-refractivity contribution in [1.29, 1.82) is 16.1 Å². The molecule has 4 N–H and O–H groups in total. The average molecular weight is 509 g/mol. The van der Waals surface area contributed by atoms with E-state index in [-0.39, 0.29) is 11.1 Å². The summed E-state index contributed by atoms with van der Waals surface area (Å²) in [6.07, 6.45) is 0.235. The highest BCUT2D eigenvalue weighted by Gasteiger charge is 2.28. The maximum absolute atomic E-state index is 13.0. The number of carbonyl (C=O) groups excluding carboxylic acids is 1. The number of morpholine rings is 1. The zero-order chi connectivity index (χ0) is 26.5. The molecule has 0 radical (unpaired) electrons. The number of aromatic nitrogens is 1. The third kappa shape index (κ3) is 5.21. The average Bonchev–Trinajstić information content (AvgIpc) is 3.09. The normalized spacial score (nSPS) is 16.7. The molecule has 2 aromatic carbocycles. The smallest absolute Gasteiger partial charge is 0.290 e. The number of hydrogen-bond donors (Lipinski definition) is 4.